The largest absolute Gasteiger partial charge is 0.472 e. The quantitative estimate of drug-likeness (QED) is 0.0146. The average Bonchev–Trinajstić information content (AvgIpc) is 3.35. The van der Waals surface area contributed by atoms with Gasteiger partial charge >= 0.3 is 13.8 Å². The molecule has 1 aliphatic carbocycles. The summed E-state index contributed by atoms with van der Waals surface area (Å²) in [6.45, 7) is 4.25. The van der Waals surface area contributed by atoms with Crippen molar-refractivity contribution < 1.29 is 58.3 Å². The van der Waals surface area contributed by atoms with Gasteiger partial charge in [-0.2, -0.15) is 0 Å². The summed E-state index contributed by atoms with van der Waals surface area (Å²) in [7, 11) is -5.03. The van der Waals surface area contributed by atoms with Crippen LogP contribution in [0.25, 0.3) is 0 Å². The number of hydrogen-bond donors (Lipinski definition) is 6. The van der Waals surface area contributed by atoms with E-state index in [4.69, 9.17) is 18.5 Å². The molecular weight excluding hydrogens is 908 g/mol. The van der Waals surface area contributed by atoms with Gasteiger partial charge in [-0.05, 0) is 77.0 Å². The lowest BCUT2D eigenvalue weighted by atomic mass is 9.85. The molecule has 6 N–H and O–H groups in total. The van der Waals surface area contributed by atoms with Gasteiger partial charge < -0.3 is 39.9 Å². The summed E-state index contributed by atoms with van der Waals surface area (Å²) in [4.78, 5) is 23.3. The first-order valence-corrected chi connectivity index (χ1v) is 30.0. The SMILES string of the molecule is CCCCC/C=C\C/C=C\CCCCCCCCCCCCOCC(COP(=O)(O)OC1C(O)C(O)C(O)C(O)C1O)OC(=O)CCCCCCCCCCCCC/C=C\C/C=C\CCCCCCC. The Labute approximate surface area is 426 Å². The first-order valence-electron chi connectivity index (χ1n) is 28.5. The van der Waals surface area contributed by atoms with Crippen LogP contribution < -0.4 is 0 Å². The molecule has 1 rings (SSSR count). The van der Waals surface area contributed by atoms with E-state index in [1.165, 1.54) is 161 Å². The zero-order valence-electron chi connectivity index (χ0n) is 44.3. The van der Waals surface area contributed by atoms with E-state index in [-0.39, 0.29) is 13.0 Å². The number of carbonyl (C=O) groups is 1. The number of hydrogen-bond acceptors (Lipinski definition) is 11. The van der Waals surface area contributed by atoms with E-state index < -0.39 is 63.1 Å². The summed E-state index contributed by atoms with van der Waals surface area (Å²) < 4.78 is 34.4. The van der Waals surface area contributed by atoms with Crippen LogP contribution in [0.5, 0.6) is 0 Å². The number of carbonyl (C=O) groups excluding carboxylic acids is 1. The lowest BCUT2D eigenvalue weighted by Crippen LogP contribution is -2.64. The number of aliphatic hydroxyl groups is 5. The Balaban J connectivity index is 2.29. The van der Waals surface area contributed by atoms with Crippen LogP contribution in [0.4, 0.5) is 0 Å². The first-order chi connectivity index (χ1) is 34.0. The third-order valence-electron chi connectivity index (χ3n) is 13.2. The van der Waals surface area contributed by atoms with Crippen LogP contribution in [-0.2, 0) is 27.9 Å². The van der Waals surface area contributed by atoms with Crippen molar-refractivity contribution >= 4 is 13.8 Å². The fourth-order valence-corrected chi connectivity index (χ4v) is 9.63. The molecule has 0 aromatic carbocycles. The Morgan fingerprint density at radius 2 is 0.800 bits per heavy atom. The Morgan fingerprint density at radius 3 is 1.23 bits per heavy atom. The Kier molecular flexibility index (Phi) is 44.6. The van der Waals surface area contributed by atoms with Crippen molar-refractivity contribution in [2.45, 2.75) is 288 Å². The molecule has 0 aliphatic heterocycles. The van der Waals surface area contributed by atoms with Crippen molar-refractivity contribution in [3.8, 4) is 0 Å². The number of allylic oxidation sites excluding steroid dienone is 8. The summed E-state index contributed by atoms with van der Waals surface area (Å²) in [5.41, 5.74) is 0. The fraction of sp³-hybridized carbons (Fsp3) is 0.842. The van der Waals surface area contributed by atoms with Gasteiger partial charge in [-0.1, -0.05) is 210 Å². The van der Waals surface area contributed by atoms with Gasteiger partial charge in [0.2, 0.25) is 0 Å². The number of esters is 1. The highest BCUT2D eigenvalue weighted by molar-refractivity contribution is 7.47. The van der Waals surface area contributed by atoms with Gasteiger partial charge in [-0.25, -0.2) is 4.57 Å². The average molecular weight is 1010 g/mol. The molecule has 1 fully saturated rings. The van der Waals surface area contributed by atoms with Crippen LogP contribution in [0.3, 0.4) is 0 Å². The van der Waals surface area contributed by atoms with Gasteiger partial charge in [-0.15, -0.1) is 0 Å². The lowest BCUT2D eigenvalue weighted by molar-refractivity contribution is -0.220. The molecule has 6 unspecified atom stereocenters. The summed E-state index contributed by atoms with van der Waals surface area (Å²) in [6, 6.07) is 0. The summed E-state index contributed by atoms with van der Waals surface area (Å²) in [5.74, 6) is -0.478. The standard InChI is InChI=1S/C57H105O12P/c1-3-5-7-9-11-13-15-17-19-21-23-25-26-27-28-30-32-34-36-38-40-42-44-46-51(58)68-50(49-67-70(64,65)69-57-55(62)53(60)52(59)54(61)56(57)63)48-66-47-45-43-41-39-37-35-33-31-29-24-22-20-18-16-14-12-10-8-6-4-2/h12,14-15,17-18,20-21,23,50,52-57,59-63H,3-11,13,16,19,22,24-49H2,1-2H3,(H,64,65)/b14-12-,17-15-,20-18-,23-21-. The summed E-state index contributed by atoms with van der Waals surface area (Å²) in [6.07, 6.45) is 47.4. The summed E-state index contributed by atoms with van der Waals surface area (Å²) in [5, 5.41) is 50.4. The molecule has 0 radical (unpaired) electrons. The second kappa shape index (κ2) is 47.0. The number of rotatable bonds is 49. The van der Waals surface area contributed by atoms with E-state index in [0.717, 1.165) is 57.8 Å². The zero-order chi connectivity index (χ0) is 51.2. The third-order valence-corrected chi connectivity index (χ3v) is 14.2. The van der Waals surface area contributed by atoms with Crippen molar-refractivity contribution in [2.75, 3.05) is 19.8 Å². The molecule has 0 aromatic rings. The molecule has 70 heavy (non-hydrogen) atoms. The molecule has 410 valence electrons. The van der Waals surface area contributed by atoms with Crippen LogP contribution in [0, 0.1) is 0 Å². The molecule has 0 heterocycles. The minimum atomic E-state index is -5.03. The van der Waals surface area contributed by atoms with Gasteiger partial charge in [0.1, 0.15) is 42.7 Å². The van der Waals surface area contributed by atoms with E-state index in [1.807, 2.05) is 0 Å². The fourth-order valence-electron chi connectivity index (χ4n) is 8.65. The maximum absolute atomic E-state index is 12.9. The second-order valence-electron chi connectivity index (χ2n) is 19.8. The van der Waals surface area contributed by atoms with Gasteiger partial charge in [-0.3, -0.25) is 13.8 Å². The van der Waals surface area contributed by atoms with Crippen molar-refractivity contribution in [1.82, 2.24) is 0 Å². The molecule has 1 saturated carbocycles. The first kappa shape index (κ1) is 66.3. The molecule has 1 aliphatic rings. The maximum atomic E-state index is 12.9. The van der Waals surface area contributed by atoms with E-state index in [0.29, 0.717) is 13.0 Å². The Bertz CT molecular complexity index is 1340. The minimum Gasteiger partial charge on any atom is -0.457 e. The number of ether oxygens (including phenoxy) is 2. The van der Waals surface area contributed by atoms with Crippen LogP contribution in [-0.4, -0.2) is 98.9 Å². The highest BCUT2D eigenvalue weighted by Crippen LogP contribution is 2.47. The number of phosphoric ester groups is 1. The van der Waals surface area contributed by atoms with E-state index in [9.17, 15) is 39.8 Å². The van der Waals surface area contributed by atoms with Crippen molar-refractivity contribution in [3.05, 3.63) is 48.6 Å². The third kappa shape index (κ3) is 38.0. The number of phosphoric acid groups is 1. The van der Waals surface area contributed by atoms with Gasteiger partial charge in [0.15, 0.2) is 0 Å². The molecule has 0 saturated heterocycles. The molecule has 6 atom stereocenters. The molecule has 13 heteroatoms. The molecule has 0 amide bonds. The van der Waals surface area contributed by atoms with Crippen LogP contribution >= 0.6 is 7.82 Å². The van der Waals surface area contributed by atoms with Crippen LogP contribution in [0.1, 0.15) is 245 Å². The summed E-state index contributed by atoms with van der Waals surface area (Å²) >= 11 is 0. The Hall–Kier alpha value is -1.70. The minimum absolute atomic E-state index is 0.0791. The van der Waals surface area contributed by atoms with Crippen molar-refractivity contribution in [1.29, 1.82) is 0 Å². The smallest absolute Gasteiger partial charge is 0.457 e. The van der Waals surface area contributed by atoms with Crippen molar-refractivity contribution in [3.63, 3.8) is 0 Å². The normalized spacial score (nSPS) is 21.2. The maximum Gasteiger partial charge on any atom is 0.472 e. The predicted octanol–water partition coefficient (Wildman–Crippen LogP) is 13.5. The second-order valence-corrected chi connectivity index (χ2v) is 21.2. The molecular formula is C57H105O12P. The zero-order valence-corrected chi connectivity index (χ0v) is 45.2. The van der Waals surface area contributed by atoms with E-state index >= 15 is 0 Å². The predicted molar refractivity (Wildman–Crippen MR) is 286 cm³/mol. The lowest BCUT2D eigenvalue weighted by Gasteiger charge is -2.41. The Morgan fingerprint density at radius 1 is 0.457 bits per heavy atom. The molecule has 12 nitrogen and oxygen atoms in total. The highest BCUT2D eigenvalue weighted by Gasteiger charge is 2.51. The molecule has 0 aromatic heterocycles. The van der Waals surface area contributed by atoms with Gasteiger partial charge in [0.25, 0.3) is 0 Å². The van der Waals surface area contributed by atoms with E-state index in [1.54, 1.807) is 0 Å². The number of unbranched alkanes of at least 4 members (excludes halogenated alkanes) is 29. The highest BCUT2D eigenvalue weighted by atomic mass is 31.2. The molecule has 0 bridgehead atoms. The molecule has 0 spiro atoms. The van der Waals surface area contributed by atoms with Crippen LogP contribution in [0.2, 0.25) is 0 Å². The van der Waals surface area contributed by atoms with Crippen molar-refractivity contribution in [2.24, 2.45) is 0 Å². The van der Waals surface area contributed by atoms with E-state index in [2.05, 4.69) is 62.5 Å². The number of aliphatic hydroxyl groups excluding tert-OH is 5. The monoisotopic (exact) mass is 1010 g/mol. The van der Waals surface area contributed by atoms with Gasteiger partial charge in [0.05, 0.1) is 13.2 Å². The van der Waals surface area contributed by atoms with Crippen LogP contribution in [0.15, 0.2) is 48.6 Å². The van der Waals surface area contributed by atoms with Gasteiger partial charge in [0, 0.05) is 13.0 Å². The topological polar surface area (TPSA) is 192 Å².